The fraction of sp³-hybridized carbons (Fsp3) is 0.700. The number of hydrogen-bond donors (Lipinski definition) is 2. The third-order valence-corrected chi connectivity index (χ3v) is 3.39. The number of nitrogens with one attached hydrogen (secondary N) is 2. The average Bonchev–Trinajstić information content (AvgIpc) is 2.68. The molecule has 0 unspecified atom stereocenters. The number of thioether (sulfide) groups is 1. The third kappa shape index (κ3) is 3.34. The van der Waals surface area contributed by atoms with E-state index in [-0.39, 0.29) is 16.9 Å². The summed E-state index contributed by atoms with van der Waals surface area (Å²) in [6, 6.07) is 0. The minimum atomic E-state index is -0.220. The van der Waals surface area contributed by atoms with E-state index < -0.39 is 0 Å². The summed E-state index contributed by atoms with van der Waals surface area (Å²) in [5.41, 5.74) is 0. The minimum absolute atomic E-state index is 0.0180. The van der Waals surface area contributed by atoms with Gasteiger partial charge in [0.15, 0.2) is 5.04 Å². The van der Waals surface area contributed by atoms with E-state index in [1.165, 1.54) is 0 Å². The normalized spacial score (nSPS) is 15.8. The van der Waals surface area contributed by atoms with Gasteiger partial charge < -0.3 is 4.90 Å². The van der Waals surface area contributed by atoms with Gasteiger partial charge in [0, 0.05) is 19.0 Å². The summed E-state index contributed by atoms with van der Waals surface area (Å²) < 4.78 is 0. The number of nitrogens with zero attached hydrogens (tertiary/aromatic N) is 1. The molecule has 0 spiro atoms. The topological polar surface area (TPSA) is 68.0 Å². The molecule has 0 atom stereocenters. The molecule has 0 radical (unpaired) electrons. The van der Waals surface area contributed by atoms with Crippen molar-refractivity contribution < 1.29 is 4.79 Å². The molecule has 0 bridgehead atoms. The highest BCUT2D eigenvalue weighted by atomic mass is 32.2. The van der Waals surface area contributed by atoms with Crippen LogP contribution in [0.2, 0.25) is 0 Å². The quantitative estimate of drug-likeness (QED) is 0.531. The number of likely N-dealkylation sites (tertiary alicyclic amines) is 1. The van der Waals surface area contributed by atoms with E-state index in [9.17, 15) is 4.79 Å². The monoisotopic (exact) mass is 227 g/mol. The number of carbonyl (C=O) groups excluding carboxylic acids is 1. The molecule has 0 saturated carbocycles. The van der Waals surface area contributed by atoms with Crippen LogP contribution in [0.4, 0.5) is 0 Å². The van der Waals surface area contributed by atoms with Gasteiger partial charge >= 0.3 is 0 Å². The first kappa shape index (κ1) is 12.2. The smallest absolute Gasteiger partial charge is 0.278 e. The standard InChI is InChI=1S/C10H17N3OS/c1-7(2)8(11)15-9(12)10(14)13-5-3-4-6-13/h7,11-12H,3-6H2,1-2H3. The number of carbonyl (C=O) groups is 1. The number of hydrogen-bond acceptors (Lipinski definition) is 4. The Balaban J connectivity index is 2.46. The molecule has 1 aliphatic rings. The van der Waals surface area contributed by atoms with Gasteiger partial charge in [0.2, 0.25) is 0 Å². The fourth-order valence-corrected chi connectivity index (χ4v) is 2.01. The SMILES string of the molecule is CC(C)C(=N)SC(=N)C(=O)N1CCCC1. The molecular weight excluding hydrogens is 210 g/mol. The molecule has 0 aromatic rings. The second kappa shape index (κ2) is 5.30. The Labute approximate surface area is 94.4 Å². The summed E-state index contributed by atoms with van der Waals surface area (Å²) in [5.74, 6) is -0.135. The van der Waals surface area contributed by atoms with Crippen molar-refractivity contribution in [2.24, 2.45) is 5.92 Å². The van der Waals surface area contributed by atoms with Gasteiger partial charge in [-0.05, 0) is 12.8 Å². The fourth-order valence-electron chi connectivity index (χ4n) is 1.34. The minimum Gasteiger partial charge on any atom is -0.337 e. The highest BCUT2D eigenvalue weighted by molar-refractivity contribution is 8.27. The molecule has 0 aliphatic carbocycles. The Kier molecular flexibility index (Phi) is 4.32. The van der Waals surface area contributed by atoms with Crippen LogP contribution in [-0.4, -0.2) is 34.0 Å². The average molecular weight is 227 g/mol. The van der Waals surface area contributed by atoms with Crippen LogP contribution in [0.25, 0.3) is 0 Å². The summed E-state index contributed by atoms with van der Waals surface area (Å²) in [6.07, 6.45) is 2.07. The summed E-state index contributed by atoms with van der Waals surface area (Å²) in [5, 5.41) is 15.6. The van der Waals surface area contributed by atoms with Crippen LogP contribution in [0.15, 0.2) is 0 Å². The van der Waals surface area contributed by atoms with Gasteiger partial charge in [-0.2, -0.15) is 0 Å². The first-order chi connectivity index (χ1) is 7.02. The molecule has 2 N–H and O–H groups in total. The van der Waals surface area contributed by atoms with Crippen LogP contribution < -0.4 is 0 Å². The van der Waals surface area contributed by atoms with Gasteiger partial charge in [-0.3, -0.25) is 15.6 Å². The predicted molar refractivity (Wildman–Crippen MR) is 63.7 cm³/mol. The van der Waals surface area contributed by atoms with Crippen molar-refractivity contribution in [1.29, 1.82) is 10.8 Å². The summed E-state index contributed by atoms with van der Waals surface area (Å²) >= 11 is 0.978. The van der Waals surface area contributed by atoms with E-state index >= 15 is 0 Å². The maximum atomic E-state index is 11.7. The summed E-state index contributed by atoms with van der Waals surface area (Å²) in [6.45, 7) is 5.31. The van der Waals surface area contributed by atoms with Crippen LogP contribution in [-0.2, 0) is 4.79 Å². The van der Waals surface area contributed by atoms with E-state index in [0.29, 0.717) is 5.04 Å². The van der Waals surface area contributed by atoms with Crippen LogP contribution in [0.3, 0.4) is 0 Å². The molecule has 1 rings (SSSR count). The predicted octanol–water partition coefficient (Wildman–Crippen LogP) is 1.95. The number of amides is 1. The molecular formula is C10H17N3OS. The molecule has 4 nitrogen and oxygen atoms in total. The van der Waals surface area contributed by atoms with Crippen molar-refractivity contribution in [2.45, 2.75) is 26.7 Å². The van der Waals surface area contributed by atoms with Crippen molar-refractivity contribution in [3.05, 3.63) is 0 Å². The van der Waals surface area contributed by atoms with Gasteiger partial charge in [-0.25, -0.2) is 0 Å². The van der Waals surface area contributed by atoms with E-state index in [4.69, 9.17) is 10.8 Å². The van der Waals surface area contributed by atoms with E-state index in [1.807, 2.05) is 13.8 Å². The lowest BCUT2D eigenvalue weighted by molar-refractivity contribution is -0.122. The Bertz CT molecular complexity index is 282. The molecule has 15 heavy (non-hydrogen) atoms. The summed E-state index contributed by atoms with van der Waals surface area (Å²) in [7, 11) is 0. The lowest BCUT2D eigenvalue weighted by Crippen LogP contribution is -2.33. The zero-order chi connectivity index (χ0) is 11.4. The molecule has 1 heterocycles. The second-order valence-corrected chi connectivity index (χ2v) is 5.00. The van der Waals surface area contributed by atoms with Crippen molar-refractivity contribution in [1.82, 2.24) is 4.90 Å². The van der Waals surface area contributed by atoms with Crippen molar-refractivity contribution in [3.63, 3.8) is 0 Å². The van der Waals surface area contributed by atoms with Crippen molar-refractivity contribution >= 4 is 27.8 Å². The van der Waals surface area contributed by atoms with Gasteiger partial charge in [0.1, 0.15) is 0 Å². The molecule has 0 aromatic heterocycles. The van der Waals surface area contributed by atoms with E-state index in [1.54, 1.807) is 4.90 Å². The second-order valence-electron chi connectivity index (χ2n) is 3.95. The highest BCUT2D eigenvalue weighted by Crippen LogP contribution is 2.16. The molecule has 0 aromatic carbocycles. The van der Waals surface area contributed by atoms with Gasteiger partial charge in [-0.15, -0.1) is 0 Å². The first-order valence-corrected chi connectivity index (χ1v) is 5.98. The van der Waals surface area contributed by atoms with Crippen molar-refractivity contribution in [2.75, 3.05) is 13.1 Å². The van der Waals surface area contributed by atoms with Gasteiger partial charge in [0.25, 0.3) is 5.91 Å². The zero-order valence-corrected chi connectivity index (χ0v) is 9.99. The van der Waals surface area contributed by atoms with Crippen LogP contribution in [0.1, 0.15) is 26.7 Å². The molecule has 5 heteroatoms. The van der Waals surface area contributed by atoms with Crippen molar-refractivity contribution in [3.8, 4) is 0 Å². The molecule has 1 fully saturated rings. The maximum Gasteiger partial charge on any atom is 0.278 e. The van der Waals surface area contributed by atoms with E-state index in [2.05, 4.69) is 0 Å². The molecule has 1 saturated heterocycles. The summed E-state index contributed by atoms with van der Waals surface area (Å²) in [4.78, 5) is 13.4. The third-order valence-electron chi connectivity index (χ3n) is 2.32. The molecule has 84 valence electrons. The van der Waals surface area contributed by atoms with Gasteiger partial charge in [0.05, 0.1) is 5.04 Å². The van der Waals surface area contributed by atoms with Gasteiger partial charge in [-0.1, -0.05) is 25.6 Å². The molecule has 1 aliphatic heterocycles. The van der Waals surface area contributed by atoms with E-state index in [0.717, 1.165) is 37.7 Å². The highest BCUT2D eigenvalue weighted by Gasteiger charge is 2.23. The van der Waals surface area contributed by atoms with Crippen LogP contribution in [0.5, 0.6) is 0 Å². The largest absolute Gasteiger partial charge is 0.337 e. The zero-order valence-electron chi connectivity index (χ0n) is 9.17. The Morgan fingerprint density at radius 2 is 1.80 bits per heavy atom. The van der Waals surface area contributed by atoms with Crippen LogP contribution in [0, 0.1) is 16.7 Å². The lowest BCUT2D eigenvalue weighted by atomic mass is 10.2. The maximum absolute atomic E-state index is 11.7. The Morgan fingerprint density at radius 3 is 2.27 bits per heavy atom. The van der Waals surface area contributed by atoms with Crippen LogP contribution >= 0.6 is 11.8 Å². The lowest BCUT2D eigenvalue weighted by Gasteiger charge is -2.15. The first-order valence-electron chi connectivity index (χ1n) is 5.16. The molecule has 1 amide bonds. The Hall–Kier alpha value is -0.840. The Morgan fingerprint density at radius 1 is 1.27 bits per heavy atom. The number of rotatable bonds is 1.